The number of nitrogens with zero attached hydrogens (tertiary/aromatic N) is 3. The van der Waals surface area contributed by atoms with Crippen molar-refractivity contribution in [3.05, 3.63) is 56.4 Å². The third-order valence-electron chi connectivity index (χ3n) is 2.92. The molecule has 0 saturated heterocycles. The maximum absolute atomic E-state index is 12.0. The number of hydrogen-bond acceptors (Lipinski definition) is 5. The smallest absolute Gasteiger partial charge is 0.293 e. The van der Waals surface area contributed by atoms with Crippen molar-refractivity contribution in [2.75, 3.05) is 5.32 Å². The first kappa shape index (κ1) is 14.9. The Labute approximate surface area is 125 Å². The van der Waals surface area contributed by atoms with Gasteiger partial charge in [0.15, 0.2) is 10.8 Å². The van der Waals surface area contributed by atoms with Crippen molar-refractivity contribution >= 4 is 28.9 Å². The number of nitrogens with one attached hydrogen (secondary N) is 1. The zero-order valence-corrected chi connectivity index (χ0v) is 12.0. The molecule has 2 aromatic rings. The Bertz CT molecular complexity index is 716. The van der Waals surface area contributed by atoms with E-state index in [0.29, 0.717) is 0 Å². The second-order valence-corrected chi connectivity index (χ2v) is 4.79. The lowest BCUT2D eigenvalue weighted by Gasteiger charge is -2.08. The molecule has 7 nitrogen and oxygen atoms in total. The highest BCUT2D eigenvalue weighted by atomic mass is 35.5. The van der Waals surface area contributed by atoms with Crippen LogP contribution in [0.4, 0.5) is 11.4 Å². The molecule has 1 aromatic heterocycles. The van der Waals surface area contributed by atoms with Crippen LogP contribution in [0.25, 0.3) is 0 Å². The Morgan fingerprint density at radius 2 is 1.90 bits per heavy atom. The topological polar surface area (TPSA) is 98.0 Å². The van der Waals surface area contributed by atoms with Crippen LogP contribution in [0.15, 0.2) is 24.3 Å². The predicted molar refractivity (Wildman–Crippen MR) is 77.6 cm³/mol. The number of amides is 1. The maximum Gasteiger partial charge on any atom is 0.293 e. The summed E-state index contributed by atoms with van der Waals surface area (Å²) in [6.45, 7) is 3.56. The Hall–Kier alpha value is -2.54. The summed E-state index contributed by atoms with van der Waals surface area (Å²) < 4.78 is 0. The summed E-state index contributed by atoms with van der Waals surface area (Å²) >= 11 is 5.59. The molecule has 0 aliphatic carbocycles. The molecule has 0 aliphatic rings. The van der Waals surface area contributed by atoms with E-state index in [1.165, 1.54) is 18.2 Å². The quantitative estimate of drug-likeness (QED) is 0.694. The Morgan fingerprint density at radius 1 is 1.24 bits per heavy atom. The van der Waals surface area contributed by atoms with Crippen LogP contribution >= 0.6 is 11.6 Å². The summed E-state index contributed by atoms with van der Waals surface area (Å²) in [5.41, 5.74) is 1.56. The van der Waals surface area contributed by atoms with Crippen molar-refractivity contribution in [3.8, 4) is 0 Å². The van der Waals surface area contributed by atoms with Gasteiger partial charge in [0.25, 0.3) is 11.6 Å². The highest BCUT2D eigenvalue weighted by Gasteiger charge is 2.19. The minimum absolute atomic E-state index is 0.0203. The van der Waals surface area contributed by atoms with Gasteiger partial charge in [-0.25, -0.2) is 0 Å². The first-order valence-corrected chi connectivity index (χ1v) is 6.32. The SMILES string of the molecule is Cc1cc(NC(=O)c2ccc(Cl)nn2)c([N+](=O)[O-])cc1C. The van der Waals surface area contributed by atoms with Crippen molar-refractivity contribution in [3.63, 3.8) is 0 Å². The van der Waals surface area contributed by atoms with Gasteiger partial charge in [-0.1, -0.05) is 11.6 Å². The first-order valence-electron chi connectivity index (χ1n) is 5.94. The number of nitro benzene ring substituents is 1. The summed E-state index contributed by atoms with van der Waals surface area (Å²) in [6, 6.07) is 5.77. The molecule has 1 N–H and O–H groups in total. The first-order chi connectivity index (χ1) is 9.88. The fourth-order valence-corrected chi connectivity index (χ4v) is 1.78. The summed E-state index contributed by atoms with van der Waals surface area (Å²) in [5, 5.41) is 20.9. The van der Waals surface area contributed by atoms with Gasteiger partial charge in [0.1, 0.15) is 5.69 Å². The van der Waals surface area contributed by atoms with E-state index in [2.05, 4.69) is 15.5 Å². The van der Waals surface area contributed by atoms with Crippen molar-refractivity contribution < 1.29 is 9.72 Å². The molecule has 1 heterocycles. The Morgan fingerprint density at radius 3 is 2.48 bits per heavy atom. The van der Waals surface area contributed by atoms with Crippen molar-refractivity contribution in [1.82, 2.24) is 10.2 Å². The highest BCUT2D eigenvalue weighted by Crippen LogP contribution is 2.28. The number of aryl methyl sites for hydroxylation is 2. The van der Waals surface area contributed by atoms with Crippen molar-refractivity contribution in [1.29, 1.82) is 0 Å². The summed E-state index contributed by atoms with van der Waals surface area (Å²) in [6.07, 6.45) is 0. The minimum atomic E-state index is -0.592. The van der Waals surface area contributed by atoms with Gasteiger partial charge in [0, 0.05) is 6.07 Å². The number of aromatic nitrogens is 2. The average molecular weight is 307 g/mol. The summed E-state index contributed by atoms with van der Waals surface area (Å²) in [7, 11) is 0. The monoisotopic (exact) mass is 306 g/mol. The molecule has 2 rings (SSSR count). The molecule has 0 radical (unpaired) electrons. The lowest BCUT2D eigenvalue weighted by Crippen LogP contribution is -2.15. The molecule has 0 atom stereocenters. The van der Waals surface area contributed by atoms with E-state index in [-0.39, 0.29) is 22.2 Å². The second-order valence-electron chi connectivity index (χ2n) is 4.41. The fourth-order valence-electron chi connectivity index (χ4n) is 1.68. The maximum atomic E-state index is 12.0. The van der Waals surface area contributed by atoms with Gasteiger partial charge in [-0.05, 0) is 43.2 Å². The molecule has 21 heavy (non-hydrogen) atoms. The molecule has 0 aliphatic heterocycles. The van der Waals surface area contributed by atoms with Gasteiger partial charge in [-0.15, -0.1) is 10.2 Å². The third-order valence-corrected chi connectivity index (χ3v) is 3.12. The number of anilines is 1. The van der Waals surface area contributed by atoms with Crippen LogP contribution in [-0.2, 0) is 0 Å². The highest BCUT2D eigenvalue weighted by molar-refractivity contribution is 6.29. The van der Waals surface area contributed by atoms with E-state index in [1.54, 1.807) is 19.9 Å². The van der Waals surface area contributed by atoms with E-state index in [4.69, 9.17) is 11.6 Å². The molecule has 1 amide bonds. The number of benzene rings is 1. The fraction of sp³-hybridized carbons (Fsp3) is 0.154. The van der Waals surface area contributed by atoms with E-state index in [1.807, 2.05) is 0 Å². The number of rotatable bonds is 3. The van der Waals surface area contributed by atoms with Crippen LogP contribution in [-0.4, -0.2) is 21.0 Å². The normalized spacial score (nSPS) is 10.2. The number of carbonyl (C=O) groups excluding carboxylic acids is 1. The van der Waals surface area contributed by atoms with E-state index < -0.39 is 10.8 Å². The number of carbonyl (C=O) groups is 1. The van der Waals surface area contributed by atoms with Crippen LogP contribution in [0, 0.1) is 24.0 Å². The van der Waals surface area contributed by atoms with Crippen LogP contribution in [0.5, 0.6) is 0 Å². The molecule has 0 bridgehead atoms. The van der Waals surface area contributed by atoms with E-state index >= 15 is 0 Å². The molecule has 0 fully saturated rings. The van der Waals surface area contributed by atoms with Crippen LogP contribution in [0.2, 0.25) is 5.15 Å². The largest absolute Gasteiger partial charge is 0.315 e. The second kappa shape index (κ2) is 5.84. The van der Waals surface area contributed by atoms with Gasteiger partial charge in [0.05, 0.1) is 4.92 Å². The Balaban J connectivity index is 2.34. The average Bonchev–Trinajstić information content (AvgIpc) is 2.43. The zero-order valence-electron chi connectivity index (χ0n) is 11.3. The van der Waals surface area contributed by atoms with Crippen molar-refractivity contribution in [2.45, 2.75) is 13.8 Å². The number of nitro groups is 1. The molecule has 0 unspecified atom stereocenters. The molecule has 8 heteroatoms. The van der Waals surface area contributed by atoms with Gasteiger partial charge in [-0.3, -0.25) is 14.9 Å². The predicted octanol–water partition coefficient (Wildman–Crippen LogP) is 2.91. The molecule has 0 saturated carbocycles. The Kier molecular flexibility index (Phi) is 4.13. The lowest BCUT2D eigenvalue weighted by atomic mass is 10.1. The van der Waals surface area contributed by atoms with E-state index in [9.17, 15) is 14.9 Å². The number of hydrogen-bond donors (Lipinski definition) is 1. The molecule has 1 aromatic carbocycles. The van der Waals surface area contributed by atoms with Crippen LogP contribution in [0.1, 0.15) is 21.6 Å². The molecule has 108 valence electrons. The lowest BCUT2D eigenvalue weighted by molar-refractivity contribution is -0.384. The minimum Gasteiger partial charge on any atom is -0.315 e. The summed E-state index contributed by atoms with van der Waals surface area (Å²) in [5.74, 6) is -0.592. The summed E-state index contributed by atoms with van der Waals surface area (Å²) in [4.78, 5) is 22.5. The van der Waals surface area contributed by atoms with E-state index in [0.717, 1.165) is 11.1 Å². The van der Waals surface area contributed by atoms with Gasteiger partial charge >= 0.3 is 0 Å². The van der Waals surface area contributed by atoms with Crippen LogP contribution in [0.3, 0.4) is 0 Å². The standard InChI is InChI=1S/C13H11ClN4O3/c1-7-5-10(11(18(20)21)6-8(7)2)15-13(19)9-3-4-12(14)17-16-9/h3-6H,1-2H3,(H,15,19). The van der Waals surface area contributed by atoms with Gasteiger partial charge < -0.3 is 5.32 Å². The molecule has 0 spiro atoms. The van der Waals surface area contributed by atoms with Gasteiger partial charge in [-0.2, -0.15) is 0 Å². The van der Waals surface area contributed by atoms with Gasteiger partial charge in [0.2, 0.25) is 0 Å². The third kappa shape index (κ3) is 3.32. The van der Waals surface area contributed by atoms with Crippen LogP contribution < -0.4 is 5.32 Å². The molecular weight excluding hydrogens is 296 g/mol. The van der Waals surface area contributed by atoms with Crippen molar-refractivity contribution in [2.24, 2.45) is 0 Å². The zero-order chi connectivity index (χ0) is 15.6. The number of halogens is 1. The molecular formula is C13H11ClN4O3.